The van der Waals surface area contributed by atoms with Crippen LogP contribution >= 0.6 is 22.9 Å². The van der Waals surface area contributed by atoms with Crippen molar-refractivity contribution in [2.75, 3.05) is 13.7 Å². The zero-order valence-corrected chi connectivity index (χ0v) is 25.7. The quantitative estimate of drug-likeness (QED) is 0.251. The molecule has 1 atom stereocenters. The van der Waals surface area contributed by atoms with E-state index in [9.17, 15) is 14.7 Å². The molecule has 3 aromatic heterocycles. The van der Waals surface area contributed by atoms with Gasteiger partial charge in [-0.2, -0.15) is 0 Å². The first-order valence-corrected chi connectivity index (χ1v) is 15.8. The maximum Gasteiger partial charge on any atom is 0.338 e. The van der Waals surface area contributed by atoms with Crippen molar-refractivity contribution in [3.8, 4) is 16.9 Å². The largest absolute Gasteiger partial charge is 0.491 e. The number of ether oxygens (including phenoxy) is 1. The third kappa shape index (κ3) is 5.45. The number of carboxylic acids is 1. The molecule has 8 nitrogen and oxygen atoms in total. The van der Waals surface area contributed by atoms with Crippen molar-refractivity contribution in [1.82, 2.24) is 19.4 Å². The highest BCUT2D eigenvalue weighted by molar-refractivity contribution is 7.18. The number of carbonyl (C=O) groups is 1. The Bertz CT molecular complexity index is 1730. The van der Waals surface area contributed by atoms with E-state index >= 15 is 0 Å². The van der Waals surface area contributed by atoms with Gasteiger partial charge in [-0.15, -0.1) is 11.3 Å². The Kier molecular flexibility index (Phi) is 8.09. The molecule has 2 aliphatic rings. The number of benzene rings is 1. The molecule has 0 saturated heterocycles. The number of aromatic nitrogens is 3. The second-order valence-corrected chi connectivity index (χ2v) is 12.8. The first-order valence-electron chi connectivity index (χ1n) is 14.6. The summed E-state index contributed by atoms with van der Waals surface area (Å²) >= 11 is 7.74. The molecular weight excluding hydrogens is 572 g/mol. The molecule has 1 fully saturated rings. The lowest BCUT2D eigenvalue weighted by Crippen LogP contribution is -2.44. The molecule has 0 aliphatic heterocycles. The fraction of sp³-hybridized carbons (Fsp3) is 0.438. The van der Waals surface area contributed by atoms with Crippen LogP contribution in [0.3, 0.4) is 0 Å². The molecule has 0 amide bonds. The van der Waals surface area contributed by atoms with Crippen molar-refractivity contribution >= 4 is 39.1 Å². The van der Waals surface area contributed by atoms with E-state index < -0.39 is 5.97 Å². The molecule has 0 bridgehead atoms. The maximum atomic E-state index is 13.7. The van der Waals surface area contributed by atoms with Crippen LogP contribution in [0.25, 0.3) is 21.3 Å². The van der Waals surface area contributed by atoms with Gasteiger partial charge in [-0.25, -0.2) is 9.78 Å². The molecule has 0 spiro atoms. The summed E-state index contributed by atoms with van der Waals surface area (Å²) in [4.78, 5) is 37.3. The van der Waals surface area contributed by atoms with Crippen LogP contribution in [0.2, 0.25) is 5.02 Å². The van der Waals surface area contributed by atoms with E-state index in [0.29, 0.717) is 46.4 Å². The summed E-state index contributed by atoms with van der Waals surface area (Å²) < 4.78 is 8.78. The molecule has 1 saturated carbocycles. The van der Waals surface area contributed by atoms with Gasteiger partial charge in [0.15, 0.2) is 0 Å². The fourth-order valence-corrected chi connectivity index (χ4v) is 7.79. The van der Waals surface area contributed by atoms with E-state index in [1.807, 2.05) is 32.0 Å². The number of aromatic carboxylic acids is 1. The number of rotatable bonds is 8. The van der Waals surface area contributed by atoms with Crippen molar-refractivity contribution in [2.24, 2.45) is 0 Å². The number of carboxylic acid groups (broad SMARTS) is 1. The van der Waals surface area contributed by atoms with Crippen LogP contribution in [0.4, 0.5) is 0 Å². The zero-order chi connectivity index (χ0) is 29.5. The van der Waals surface area contributed by atoms with Gasteiger partial charge in [-0.3, -0.25) is 14.3 Å². The van der Waals surface area contributed by atoms with Crippen LogP contribution in [0.15, 0.2) is 34.4 Å². The van der Waals surface area contributed by atoms with Crippen molar-refractivity contribution in [2.45, 2.75) is 77.4 Å². The minimum atomic E-state index is -1.01. The molecule has 1 unspecified atom stereocenters. The minimum absolute atomic E-state index is 0.0354. The molecule has 220 valence electrons. The highest BCUT2D eigenvalue weighted by Crippen LogP contribution is 2.40. The first-order chi connectivity index (χ1) is 20.2. The standard InChI is InChI=1S/C32H35ClN4O4S/c1-18-14-24(30-29(34-18)26(17-42-30)32(39)40)23-15-20(33)8-11-28(23)41-13-12-37-19(2)35-27-10-9-22(16-25(27)31(37)38)36(3)21-6-4-5-7-21/h8,11,14-15,17,21-22H,4-7,9-10,12-13,16H2,1-3H3,(H,39,40). The van der Waals surface area contributed by atoms with Crippen molar-refractivity contribution < 1.29 is 14.6 Å². The third-order valence-corrected chi connectivity index (χ3v) is 10.1. The number of aryl methyl sites for hydroxylation is 3. The van der Waals surface area contributed by atoms with Crippen molar-refractivity contribution in [3.05, 3.63) is 73.4 Å². The van der Waals surface area contributed by atoms with Gasteiger partial charge in [0.05, 0.1) is 28.0 Å². The van der Waals surface area contributed by atoms with Crippen LogP contribution in [-0.2, 0) is 19.4 Å². The number of halogens is 1. The van der Waals surface area contributed by atoms with E-state index in [-0.39, 0.29) is 17.7 Å². The van der Waals surface area contributed by atoms with Gasteiger partial charge in [-0.05, 0) is 77.3 Å². The van der Waals surface area contributed by atoms with Gasteiger partial charge in [-0.1, -0.05) is 24.4 Å². The van der Waals surface area contributed by atoms with Crippen LogP contribution in [0, 0.1) is 13.8 Å². The summed E-state index contributed by atoms with van der Waals surface area (Å²) in [5.74, 6) is 0.294. The maximum absolute atomic E-state index is 13.7. The average Bonchev–Trinajstić information content (AvgIpc) is 3.65. The normalized spacial score (nSPS) is 17.2. The van der Waals surface area contributed by atoms with Crippen LogP contribution in [0.1, 0.15) is 65.2 Å². The predicted molar refractivity (Wildman–Crippen MR) is 166 cm³/mol. The summed E-state index contributed by atoms with van der Waals surface area (Å²) in [7, 11) is 2.22. The van der Waals surface area contributed by atoms with E-state index in [1.54, 1.807) is 16.0 Å². The lowest BCUT2D eigenvalue weighted by molar-refractivity contribution is 0.0699. The molecule has 4 aromatic rings. The molecule has 3 heterocycles. The van der Waals surface area contributed by atoms with Gasteiger partial charge in [0, 0.05) is 44.9 Å². The summed E-state index contributed by atoms with van der Waals surface area (Å²) in [6.07, 6.45) is 7.71. The first kappa shape index (κ1) is 28.8. The summed E-state index contributed by atoms with van der Waals surface area (Å²) in [5, 5.41) is 11.8. The molecule has 2 aliphatic carbocycles. The molecule has 1 N–H and O–H groups in total. The Balaban J connectivity index is 1.25. The number of hydrogen-bond acceptors (Lipinski definition) is 7. The fourth-order valence-electron chi connectivity index (χ4n) is 6.60. The summed E-state index contributed by atoms with van der Waals surface area (Å²) in [5.41, 5.74) is 4.71. The Labute approximate surface area is 253 Å². The molecular formula is C32H35ClN4O4S. The molecule has 10 heteroatoms. The summed E-state index contributed by atoms with van der Waals surface area (Å²) in [6.45, 7) is 4.35. The topological polar surface area (TPSA) is 97.6 Å². The molecule has 42 heavy (non-hydrogen) atoms. The van der Waals surface area contributed by atoms with Crippen molar-refractivity contribution in [1.29, 1.82) is 0 Å². The minimum Gasteiger partial charge on any atom is -0.491 e. The second-order valence-electron chi connectivity index (χ2n) is 11.5. The lowest BCUT2D eigenvalue weighted by atomic mass is 9.90. The van der Waals surface area contributed by atoms with E-state index in [0.717, 1.165) is 46.3 Å². The molecule has 1 aromatic carbocycles. The van der Waals surface area contributed by atoms with Crippen molar-refractivity contribution in [3.63, 3.8) is 0 Å². The highest BCUT2D eigenvalue weighted by atomic mass is 35.5. The van der Waals surface area contributed by atoms with Crippen LogP contribution in [-0.4, -0.2) is 56.2 Å². The van der Waals surface area contributed by atoms with Gasteiger partial charge in [0.1, 0.15) is 18.2 Å². The smallest absolute Gasteiger partial charge is 0.338 e. The Morgan fingerprint density at radius 2 is 1.93 bits per heavy atom. The monoisotopic (exact) mass is 606 g/mol. The third-order valence-electron chi connectivity index (χ3n) is 8.86. The number of hydrogen-bond donors (Lipinski definition) is 1. The van der Waals surface area contributed by atoms with E-state index in [4.69, 9.17) is 21.3 Å². The number of thiophene rings is 1. The Morgan fingerprint density at radius 3 is 2.69 bits per heavy atom. The molecule has 6 rings (SSSR count). The lowest BCUT2D eigenvalue weighted by Gasteiger charge is -2.36. The second kappa shape index (κ2) is 11.8. The van der Waals surface area contributed by atoms with Gasteiger partial charge in [0.25, 0.3) is 5.56 Å². The average molecular weight is 607 g/mol. The summed E-state index contributed by atoms with van der Waals surface area (Å²) in [6, 6.07) is 8.32. The SMILES string of the molecule is Cc1cc(-c2cc(Cl)ccc2OCCn2c(C)nc3c(c2=O)CC(N(C)C2CCCC2)CC3)c2scc(C(=O)O)c2n1. The van der Waals surface area contributed by atoms with E-state index in [1.165, 1.54) is 37.0 Å². The Morgan fingerprint density at radius 1 is 1.14 bits per heavy atom. The van der Waals surface area contributed by atoms with Crippen LogP contribution < -0.4 is 10.3 Å². The predicted octanol–water partition coefficient (Wildman–Crippen LogP) is 6.30. The van der Waals surface area contributed by atoms with E-state index in [2.05, 4.69) is 16.9 Å². The number of pyridine rings is 1. The number of fused-ring (bicyclic) bond motifs is 2. The van der Waals surface area contributed by atoms with Gasteiger partial charge < -0.3 is 14.7 Å². The molecule has 0 radical (unpaired) electrons. The van der Waals surface area contributed by atoms with Gasteiger partial charge >= 0.3 is 5.97 Å². The Hall–Kier alpha value is -3.27. The number of likely N-dealkylation sites (N-methyl/N-ethyl adjacent to an activating group) is 1. The van der Waals surface area contributed by atoms with Crippen LogP contribution in [0.5, 0.6) is 5.75 Å². The van der Waals surface area contributed by atoms with Gasteiger partial charge in [0.2, 0.25) is 0 Å². The number of nitrogens with zero attached hydrogens (tertiary/aromatic N) is 4. The zero-order valence-electron chi connectivity index (χ0n) is 24.2. The highest BCUT2D eigenvalue weighted by Gasteiger charge is 2.31.